The smallest absolute Gasteiger partial charge is 0.371 e. The number of sulfonamides is 1. The molecule has 11 heteroatoms. The molecule has 0 atom stereocenters. The van der Waals surface area contributed by atoms with Crippen LogP contribution in [0.5, 0.6) is 5.75 Å². The van der Waals surface area contributed by atoms with E-state index in [1.165, 1.54) is 4.31 Å². The number of amides is 1. The minimum atomic E-state index is -3.97. The number of nitrogens with zero attached hydrogens (tertiary/aromatic N) is 2. The summed E-state index contributed by atoms with van der Waals surface area (Å²) in [5.41, 5.74) is 1.51. The van der Waals surface area contributed by atoms with E-state index in [1.807, 2.05) is 12.1 Å². The van der Waals surface area contributed by atoms with Gasteiger partial charge in [0.1, 0.15) is 12.4 Å². The largest absolute Gasteiger partial charge is 0.489 e. The lowest BCUT2D eigenvalue weighted by Crippen LogP contribution is -2.41. The van der Waals surface area contributed by atoms with Gasteiger partial charge < -0.3 is 19.6 Å². The average Bonchev–Trinajstić information content (AvgIpc) is 3.36. The van der Waals surface area contributed by atoms with Crippen molar-refractivity contribution in [1.82, 2.24) is 9.29 Å². The Bertz CT molecular complexity index is 1270. The van der Waals surface area contributed by atoms with Crippen LogP contribution in [0.25, 0.3) is 0 Å². The van der Waals surface area contributed by atoms with Crippen molar-refractivity contribution in [2.75, 3.05) is 18.4 Å². The Kier molecular flexibility index (Phi) is 6.94. The van der Waals surface area contributed by atoms with Crippen LogP contribution in [0.2, 0.25) is 0 Å². The van der Waals surface area contributed by atoms with Crippen LogP contribution < -0.4 is 10.1 Å². The third-order valence-electron chi connectivity index (χ3n) is 5.44. The number of aromatic nitrogens is 1. The van der Waals surface area contributed by atoms with Crippen molar-refractivity contribution in [3.05, 3.63) is 72.2 Å². The average molecular weight is 486 g/mol. The Morgan fingerprint density at radius 3 is 2.62 bits per heavy atom. The van der Waals surface area contributed by atoms with Crippen molar-refractivity contribution in [1.29, 1.82) is 0 Å². The van der Waals surface area contributed by atoms with Gasteiger partial charge in [-0.25, -0.2) is 13.2 Å². The molecule has 1 aliphatic rings. The number of nitrogens with one attached hydrogen (secondary N) is 1. The number of benzene rings is 1. The molecule has 1 saturated heterocycles. The van der Waals surface area contributed by atoms with Gasteiger partial charge in [0.15, 0.2) is 0 Å². The fourth-order valence-corrected chi connectivity index (χ4v) is 5.00. The summed E-state index contributed by atoms with van der Waals surface area (Å²) >= 11 is 0. The second kappa shape index (κ2) is 10.1. The standard InChI is InChI=1S/C23H23N3O7S/c27-22(25-18-4-1-5-19(13-18)32-15-16-3-2-10-24-14-16)17-8-11-26(12-9-17)34(30,31)21-7-6-20(33-21)23(28)29/h1-7,10,13-14,17H,8-9,11-12,15H2,(H,25,27)(H,28,29). The molecule has 3 aromatic rings. The van der Waals surface area contributed by atoms with Gasteiger partial charge in [0.25, 0.3) is 10.0 Å². The van der Waals surface area contributed by atoms with E-state index in [9.17, 15) is 18.0 Å². The van der Waals surface area contributed by atoms with Gasteiger partial charge in [0, 0.05) is 48.7 Å². The number of anilines is 1. The zero-order valence-corrected chi connectivity index (χ0v) is 18.9. The fourth-order valence-electron chi connectivity index (χ4n) is 3.62. The molecule has 10 nitrogen and oxygen atoms in total. The number of carbonyl (C=O) groups excluding carboxylic acids is 1. The topological polar surface area (TPSA) is 139 Å². The molecule has 1 amide bonds. The monoisotopic (exact) mass is 485 g/mol. The Hall–Kier alpha value is -3.70. The molecule has 178 valence electrons. The van der Waals surface area contributed by atoms with E-state index >= 15 is 0 Å². The summed E-state index contributed by atoms with van der Waals surface area (Å²) in [5.74, 6) is -1.75. The van der Waals surface area contributed by atoms with Crippen LogP contribution in [0.15, 0.2) is 70.4 Å². The third kappa shape index (κ3) is 5.43. The maximum absolute atomic E-state index is 12.8. The molecule has 0 radical (unpaired) electrons. The minimum absolute atomic E-state index is 0.123. The molecule has 4 rings (SSSR count). The normalized spacial score (nSPS) is 15.1. The lowest BCUT2D eigenvalue weighted by molar-refractivity contribution is -0.120. The summed E-state index contributed by atoms with van der Waals surface area (Å²) in [6.45, 7) is 0.595. The van der Waals surface area contributed by atoms with E-state index < -0.39 is 26.8 Å². The summed E-state index contributed by atoms with van der Waals surface area (Å²) in [7, 11) is -3.97. The van der Waals surface area contributed by atoms with Crippen LogP contribution in [-0.4, -0.2) is 47.8 Å². The van der Waals surface area contributed by atoms with E-state index in [2.05, 4.69) is 10.3 Å². The van der Waals surface area contributed by atoms with Crippen LogP contribution >= 0.6 is 0 Å². The molecule has 0 aliphatic carbocycles. The van der Waals surface area contributed by atoms with Crippen molar-refractivity contribution in [3.63, 3.8) is 0 Å². The van der Waals surface area contributed by atoms with E-state index in [1.54, 1.807) is 36.7 Å². The third-order valence-corrected chi connectivity index (χ3v) is 7.21. The number of rotatable bonds is 8. The van der Waals surface area contributed by atoms with Gasteiger partial charge in [-0.15, -0.1) is 0 Å². The second-order valence-corrected chi connectivity index (χ2v) is 9.64. The molecule has 0 spiro atoms. The highest BCUT2D eigenvalue weighted by atomic mass is 32.2. The number of furan rings is 1. The highest BCUT2D eigenvalue weighted by molar-refractivity contribution is 7.89. The van der Waals surface area contributed by atoms with Crippen LogP contribution in [0.4, 0.5) is 5.69 Å². The number of pyridine rings is 1. The van der Waals surface area contributed by atoms with Gasteiger partial charge in [-0.1, -0.05) is 12.1 Å². The van der Waals surface area contributed by atoms with Crippen molar-refractivity contribution in [2.45, 2.75) is 24.5 Å². The van der Waals surface area contributed by atoms with Gasteiger partial charge in [-0.2, -0.15) is 4.31 Å². The first-order valence-electron chi connectivity index (χ1n) is 10.6. The Morgan fingerprint density at radius 2 is 1.94 bits per heavy atom. The maximum Gasteiger partial charge on any atom is 0.371 e. The molecule has 0 bridgehead atoms. The molecule has 1 fully saturated rings. The summed E-state index contributed by atoms with van der Waals surface area (Å²) in [6, 6.07) is 13.0. The lowest BCUT2D eigenvalue weighted by Gasteiger charge is -2.29. The molecular formula is C23H23N3O7S. The molecule has 34 heavy (non-hydrogen) atoms. The first-order chi connectivity index (χ1) is 16.3. The number of carboxylic acids is 1. The molecule has 3 heterocycles. The van der Waals surface area contributed by atoms with Crippen LogP contribution in [0.3, 0.4) is 0 Å². The van der Waals surface area contributed by atoms with Gasteiger partial charge in [-0.3, -0.25) is 9.78 Å². The summed E-state index contributed by atoms with van der Waals surface area (Å²) < 4.78 is 37.3. The first-order valence-corrected chi connectivity index (χ1v) is 12.0. The van der Waals surface area contributed by atoms with E-state index in [4.69, 9.17) is 14.3 Å². The molecule has 1 aromatic carbocycles. The van der Waals surface area contributed by atoms with Crippen molar-refractivity contribution in [3.8, 4) is 5.75 Å². The summed E-state index contributed by atoms with van der Waals surface area (Å²) in [4.78, 5) is 27.7. The van der Waals surface area contributed by atoms with E-state index in [0.29, 0.717) is 30.9 Å². The lowest BCUT2D eigenvalue weighted by atomic mass is 9.97. The zero-order chi connectivity index (χ0) is 24.1. The van der Waals surface area contributed by atoms with Crippen molar-refractivity contribution < 1.29 is 32.3 Å². The van der Waals surface area contributed by atoms with Crippen molar-refractivity contribution in [2.24, 2.45) is 5.92 Å². The molecule has 1 aliphatic heterocycles. The van der Waals surface area contributed by atoms with E-state index in [0.717, 1.165) is 17.7 Å². The Labute approximate surface area is 196 Å². The second-order valence-electron chi connectivity index (χ2n) is 7.77. The van der Waals surface area contributed by atoms with Crippen molar-refractivity contribution >= 4 is 27.6 Å². The van der Waals surface area contributed by atoms with Crippen LogP contribution in [0.1, 0.15) is 29.0 Å². The summed E-state index contributed by atoms with van der Waals surface area (Å²) in [5, 5.41) is 11.4. The predicted molar refractivity (Wildman–Crippen MR) is 121 cm³/mol. The highest BCUT2D eigenvalue weighted by Gasteiger charge is 2.34. The maximum atomic E-state index is 12.8. The van der Waals surface area contributed by atoms with Gasteiger partial charge in [-0.05, 0) is 43.2 Å². The SMILES string of the molecule is O=C(O)c1ccc(S(=O)(=O)N2CCC(C(=O)Nc3cccc(OCc4cccnc4)c3)CC2)o1. The number of piperidine rings is 1. The Morgan fingerprint density at radius 1 is 1.15 bits per heavy atom. The number of carbonyl (C=O) groups is 2. The number of ether oxygens (including phenoxy) is 1. The fraction of sp³-hybridized carbons (Fsp3) is 0.261. The quantitative estimate of drug-likeness (QED) is 0.496. The number of hydrogen-bond donors (Lipinski definition) is 2. The van der Waals surface area contributed by atoms with Crippen LogP contribution in [0, 0.1) is 5.92 Å². The number of aromatic carboxylic acids is 1. The molecule has 0 saturated carbocycles. The Balaban J connectivity index is 1.31. The van der Waals surface area contributed by atoms with Gasteiger partial charge >= 0.3 is 5.97 Å². The van der Waals surface area contributed by atoms with Gasteiger partial charge in [0.05, 0.1) is 0 Å². The number of carboxylic acid groups (broad SMARTS) is 1. The molecule has 2 aromatic heterocycles. The minimum Gasteiger partial charge on any atom is -0.489 e. The molecular weight excluding hydrogens is 462 g/mol. The number of hydrogen-bond acceptors (Lipinski definition) is 7. The molecule has 0 unspecified atom stereocenters. The first kappa shape index (κ1) is 23.5. The zero-order valence-electron chi connectivity index (χ0n) is 18.1. The van der Waals surface area contributed by atoms with Crippen LogP contribution in [-0.2, 0) is 21.4 Å². The summed E-state index contributed by atoms with van der Waals surface area (Å²) in [6.07, 6.45) is 4.06. The molecule has 2 N–H and O–H groups in total. The highest BCUT2D eigenvalue weighted by Crippen LogP contribution is 2.27. The van der Waals surface area contributed by atoms with E-state index in [-0.39, 0.29) is 24.9 Å². The van der Waals surface area contributed by atoms with Gasteiger partial charge in [0.2, 0.25) is 16.8 Å². The predicted octanol–water partition coefficient (Wildman–Crippen LogP) is 2.99.